The molecule has 0 atom stereocenters. The second-order valence-electron chi connectivity index (χ2n) is 5.26. The van der Waals surface area contributed by atoms with Crippen LogP contribution in [0.1, 0.15) is 36.7 Å². The van der Waals surface area contributed by atoms with E-state index >= 15 is 0 Å². The van der Waals surface area contributed by atoms with Crippen LogP contribution in [0.15, 0.2) is 18.2 Å². The van der Waals surface area contributed by atoms with E-state index in [1.807, 2.05) is 26.0 Å². The van der Waals surface area contributed by atoms with Gasteiger partial charge in [-0.1, -0.05) is 0 Å². The van der Waals surface area contributed by atoms with E-state index < -0.39 is 5.60 Å². The third-order valence-electron chi connectivity index (χ3n) is 2.59. The van der Waals surface area contributed by atoms with Gasteiger partial charge in [0, 0.05) is 24.3 Å². The number of carbonyl (C=O) groups excluding carboxylic acids is 1. The van der Waals surface area contributed by atoms with Crippen LogP contribution in [-0.4, -0.2) is 34.6 Å². The van der Waals surface area contributed by atoms with Gasteiger partial charge in [-0.05, 0) is 51.5 Å². The molecule has 18 heavy (non-hydrogen) atoms. The molecule has 4 nitrogen and oxygen atoms in total. The maximum absolute atomic E-state index is 12.3. The highest BCUT2D eigenvalue weighted by Crippen LogP contribution is 2.15. The van der Waals surface area contributed by atoms with Gasteiger partial charge < -0.3 is 15.7 Å². The monoisotopic (exact) mass is 250 g/mol. The Hall–Kier alpha value is -1.55. The normalized spacial score (nSPS) is 11.4. The Morgan fingerprint density at radius 3 is 2.44 bits per heavy atom. The minimum absolute atomic E-state index is 0.102. The number of anilines is 1. The lowest BCUT2D eigenvalue weighted by Crippen LogP contribution is -2.42. The third kappa shape index (κ3) is 4.04. The zero-order valence-corrected chi connectivity index (χ0v) is 11.5. The number of aryl methyl sites for hydroxylation is 1. The number of rotatable bonds is 4. The first-order valence-electron chi connectivity index (χ1n) is 6.12. The second-order valence-corrected chi connectivity index (χ2v) is 5.26. The summed E-state index contributed by atoms with van der Waals surface area (Å²) in [6.07, 6.45) is 0. The molecule has 1 rings (SSSR count). The van der Waals surface area contributed by atoms with Crippen LogP contribution in [0.2, 0.25) is 0 Å². The van der Waals surface area contributed by atoms with E-state index in [9.17, 15) is 9.90 Å². The highest BCUT2D eigenvalue weighted by atomic mass is 16.3. The van der Waals surface area contributed by atoms with Crippen LogP contribution in [0.3, 0.4) is 0 Å². The smallest absolute Gasteiger partial charge is 0.254 e. The number of nitrogens with zero attached hydrogens (tertiary/aromatic N) is 1. The number of likely N-dealkylation sites (N-methyl/N-ethyl adjacent to an activating group) is 1. The van der Waals surface area contributed by atoms with Gasteiger partial charge in [0.15, 0.2) is 0 Å². The van der Waals surface area contributed by atoms with Gasteiger partial charge in [0.25, 0.3) is 5.91 Å². The molecular formula is C14H22N2O2. The van der Waals surface area contributed by atoms with Crippen molar-refractivity contribution in [2.45, 2.75) is 33.3 Å². The molecule has 0 saturated carbocycles. The molecule has 0 aliphatic carbocycles. The average Bonchev–Trinajstić information content (AvgIpc) is 2.22. The number of amides is 1. The molecule has 0 spiro atoms. The molecule has 0 unspecified atom stereocenters. The van der Waals surface area contributed by atoms with Crippen molar-refractivity contribution >= 4 is 11.6 Å². The van der Waals surface area contributed by atoms with E-state index in [4.69, 9.17) is 5.73 Å². The Balaban J connectivity index is 2.96. The quantitative estimate of drug-likeness (QED) is 0.801. The first-order chi connectivity index (χ1) is 8.23. The van der Waals surface area contributed by atoms with Gasteiger partial charge >= 0.3 is 0 Å². The fourth-order valence-corrected chi connectivity index (χ4v) is 1.91. The van der Waals surface area contributed by atoms with E-state index in [2.05, 4.69) is 0 Å². The van der Waals surface area contributed by atoms with Crippen molar-refractivity contribution < 1.29 is 9.90 Å². The lowest BCUT2D eigenvalue weighted by Gasteiger charge is -2.28. The van der Waals surface area contributed by atoms with Crippen molar-refractivity contribution in [1.29, 1.82) is 0 Å². The Bertz CT molecular complexity index is 416. The van der Waals surface area contributed by atoms with Crippen LogP contribution in [0.25, 0.3) is 0 Å². The summed E-state index contributed by atoms with van der Waals surface area (Å²) < 4.78 is 0. The number of hydrogen-bond acceptors (Lipinski definition) is 3. The van der Waals surface area contributed by atoms with Gasteiger partial charge in [-0.15, -0.1) is 0 Å². The molecule has 0 aromatic heterocycles. The maximum atomic E-state index is 12.3. The second kappa shape index (κ2) is 5.40. The van der Waals surface area contributed by atoms with Crippen LogP contribution < -0.4 is 5.73 Å². The Kier molecular flexibility index (Phi) is 4.35. The van der Waals surface area contributed by atoms with E-state index in [1.165, 1.54) is 0 Å². The third-order valence-corrected chi connectivity index (χ3v) is 2.59. The van der Waals surface area contributed by atoms with Gasteiger partial charge in [0.1, 0.15) is 0 Å². The van der Waals surface area contributed by atoms with Crippen molar-refractivity contribution in [3.8, 4) is 0 Å². The molecule has 1 aromatic carbocycles. The lowest BCUT2D eigenvalue weighted by molar-refractivity contribution is 0.0314. The van der Waals surface area contributed by atoms with Gasteiger partial charge in [-0.3, -0.25) is 4.79 Å². The molecule has 0 aliphatic heterocycles. The lowest BCUT2D eigenvalue weighted by atomic mass is 10.1. The Labute approximate surface area is 108 Å². The molecule has 1 aromatic rings. The van der Waals surface area contributed by atoms with Crippen molar-refractivity contribution in [3.05, 3.63) is 29.3 Å². The molecule has 0 radical (unpaired) electrons. The van der Waals surface area contributed by atoms with Crippen LogP contribution in [-0.2, 0) is 0 Å². The van der Waals surface area contributed by atoms with Gasteiger partial charge in [-0.2, -0.15) is 0 Å². The predicted molar refractivity (Wildman–Crippen MR) is 73.5 cm³/mol. The molecule has 0 fully saturated rings. The fourth-order valence-electron chi connectivity index (χ4n) is 1.91. The van der Waals surface area contributed by atoms with Crippen LogP contribution in [0.5, 0.6) is 0 Å². The molecule has 1 amide bonds. The molecule has 0 aliphatic rings. The molecule has 4 heteroatoms. The van der Waals surface area contributed by atoms with E-state index in [0.717, 1.165) is 5.56 Å². The van der Waals surface area contributed by atoms with Crippen molar-refractivity contribution in [2.24, 2.45) is 0 Å². The molecule has 0 heterocycles. The van der Waals surface area contributed by atoms with Crippen molar-refractivity contribution in [1.82, 2.24) is 4.90 Å². The van der Waals surface area contributed by atoms with Crippen molar-refractivity contribution in [2.75, 3.05) is 18.8 Å². The number of nitrogen functional groups attached to an aromatic ring is 1. The summed E-state index contributed by atoms with van der Waals surface area (Å²) in [7, 11) is 0. The number of hydrogen-bond donors (Lipinski definition) is 2. The summed E-state index contributed by atoms with van der Waals surface area (Å²) in [5, 5.41) is 9.81. The highest BCUT2D eigenvalue weighted by Gasteiger charge is 2.22. The predicted octanol–water partition coefficient (Wildman–Crippen LogP) is 1.81. The van der Waals surface area contributed by atoms with E-state index in [1.54, 1.807) is 24.8 Å². The summed E-state index contributed by atoms with van der Waals surface area (Å²) in [5.41, 5.74) is 6.95. The zero-order valence-electron chi connectivity index (χ0n) is 11.5. The largest absolute Gasteiger partial charge is 0.399 e. The number of aliphatic hydroxyl groups is 1. The van der Waals surface area contributed by atoms with Gasteiger partial charge in [-0.25, -0.2) is 0 Å². The number of nitrogens with two attached hydrogens (primary N) is 1. The first kappa shape index (κ1) is 14.5. The van der Waals surface area contributed by atoms with Crippen LogP contribution >= 0.6 is 0 Å². The molecule has 0 bridgehead atoms. The maximum Gasteiger partial charge on any atom is 0.254 e. The minimum Gasteiger partial charge on any atom is -0.399 e. The first-order valence-corrected chi connectivity index (χ1v) is 6.12. The van der Waals surface area contributed by atoms with E-state index in [-0.39, 0.29) is 5.91 Å². The molecule has 3 N–H and O–H groups in total. The van der Waals surface area contributed by atoms with Gasteiger partial charge in [0.2, 0.25) is 0 Å². The summed E-state index contributed by atoms with van der Waals surface area (Å²) >= 11 is 0. The standard InChI is InChI=1S/C14H22N2O2/c1-5-16(9-14(3,4)18)13(17)11-6-10(2)7-12(15)8-11/h6-8,18H,5,9,15H2,1-4H3. The van der Waals surface area contributed by atoms with Crippen LogP contribution in [0, 0.1) is 6.92 Å². The Morgan fingerprint density at radius 2 is 2.00 bits per heavy atom. The van der Waals surface area contributed by atoms with Gasteiger partial charge in [0.05, 0.1) is 5.60 Å². The van der Waals surface area contributed by atoms with Crippen molar-refractivity contribution in [3.63, 3.8) is 0 Å². The summed E-state index contributed by atoms with van der Waals surface area (Å²) in [6.45, 7) is 8.02. The minimum atomic E-state index is -0.902. The fraction of sp³-hybridized carbons (Fsp3) is 0.500. The number of carbonyl (C=O) groups is 1. The Morgan fingerprint density at radius 1 is 1.39 bits per heavy atom. The molecule has 100 valence electrons. The summed E-state index contributed by atoms with van der Waals surface area (Å²) in [6, 6.07) is 5.30. The topological polar surface area (TPSA) is 66.6 Å². The zero-order chi connectivity index (χ0) is 13.9. The molecule has 0 saturated heterocycles. The SMILES string of the molecule is CCN(CC(C)(C)O)C(=O)c1cc(C)cc(N)c1. The average molecular weight is 250 g/mol. The summed E-state index contributed by atoms with van der Waals surface area (Å²) in [4.78, 5) is 13.9. The number of benzene rings is 1. The highest BCUT2D eigenvalue weighted by molar-refractivity contribution is 5.95. The van der Waals surface area contributed by atoms with E-state index in [0.29, 0.717) is 24.3 Å². The van der Waals surface area contributed by atoms with Crippen LogP contribution in [0.4, 0.5) is 5.69 Å². The molecular weight excluding hydrogens is 228 g/mol. The summed E-state index contributed by atoms with van der Waals surface area (Å²) in [5.74, 6) is -0.102.